The number of H-pyrrole nitrogens is 1. The predicted octanol–water partition coefficient (Wildman–Crippen LogP) is 5.91. The molecule has 1 saturated heterocycles. The van der Waals surface area contributed by atoms with Crippen molar-refractivity contribution in [2.75, 3.05) is 18.0 Å². The number of rotatable bonds is 7. The van der Waals surface area contributed by atoms with Gasteiger partial charge in [-0.2, -0.15) is 0 Å². The van der Waals surface area contributed by atoms with Crippen LogP contribution in [0.2, 0.25) is 15.1 Å². The summed E-state index contributed by atoms with van der Waals surface area (Å²) in [6.45, 7) is 3.16. The number of thiazole rings is 1. The van der Waals surface area contributed by atoms with Gasteiger partial charge in [0.1, 0.15) is 10.6 Å². The van der Waals surface area contributed by atoms with Crippen molar-refractivity contribution < 1.29 is 14.7 Å². The monoisotopic (exact) mass is 608 g/mol. The quantitative estimate of drug-likeness (QED) is 0.226. The summed E-state index contributed by atoms with van der Waals surface area (Å²) in [7, 11) is 0. The van der Waals surface area contributed by atoms with Crippen LogP contribution < -0.4 is 10.2 Å². The van der Waals surface area contributed by atoms with Crippen molar-refractivity contribution in [3.05, 3.63) is 91.1 Å². The molecule has 0 unspecified atom stereocenters. The Kier molecular flexibility index (Phi) is 8.31. The first kappa shape index (κ1) is 29.1. The second kappa shape index (κ2) is 11.4. The number of anilines is 1. The topological polar surface area (TPSA) is 98.3 Å². The van der Waals surface area contributed by atoms with Crippen molar-refractivity contribution in [3.8, 4) is 11.1 Å². The number of carbonyl (C=O) groups excluding carboxylic acids is 1. The number of carboxylic acids is 1. The molecular formula is C28H24Cl3LiN4O3S. The normalized spacial score (nSPS) is 19.2. The van der Waals surface area contributed by atoms with Gasteiger partial charge in [0.05, 0.1) is 15.7 Å². The molecule has 2 aliphatic rings. The van der Waals surface area contributed by atoms with Crippen LogP contribution in [0.25, 0.3) is 11.1 Å². The third-order valence-corrected chi connectivity index (χ3v) is 9.71. The summed E-state index contributed by atoms with van der Waals surface area (Å²) in [6.07, 6.45) is 0.408. The molecule has 2 aromatic carbocycles. The van der Waals surface area contributed by atoms with Crippen molar-refractivity contribution in [2.24, 2.45) is 11.8 Å². The number of aromatic amines is 1. The van der Waals surface area contributed by atoms with Gasteiger partial charge in [-0.05, 0) is 35.7 Å². The van der Waals surface area contributed by atoms with Gasteiger partial charge in [0.25, 0.3) is 5.91 Å². The van der Waals surface area contributed by atoms with E-state index in [0.29, 0.717) is 46.1 Å². The molecule has 3 atom stereocenters. The number of benzene rings is 2. The molecule has 3 heterocycles. The number of amides is 1. The summed E-state index contributed by atoms with van der Waals surface area (Å²) in [4.78, 5) is 34.8. The van der Waals surface area contributed by atoms with Crippen molar-refractivity contribution in [3.63, 3.8) is 0 Å². The van der Waals surface area contributed by atoms with Crippen molar-refractivity contribution in [1.82, 2.24) is 15.3 Å². The number of nitrogens with zero attached hydrogens (tertiary/aromatic N) is 2. The van der Waals surface area contributed by atoms with Gasteiger partial charge in [-0.1, -0.05) is 82.5 Å². The number of aromatic carboxylic acids is 1. The van der Waals surface area contributed by atoms with Gasteiger partial charge in [-0.3, -0.25) is 4.79 Å². The third kappa shape index (κ3) is 5.54. The Labute approximate surface area is 262 Å². The molecule has 4 aromatic rings. The molecule has 1 aliphatic carbocycles. The fourth-order valence-electron chi connectivity index (χ4n) is 5.33. The van der Waals surface area contributed by atoms with Crippen molar-refractivity contribution in [1.29, 1.82) is 0 Å². The molecule has 12 heteroatoms. The number of piperidine rings is 1. The minimum atomic E-state index is -0.981. The first-order valence-electron chi connectivity index (χ1n) is 12.4. The molecule has 7 nitrogen and oxygen atoms in total. The molecule has 2 aromatic heterocycles. The van der Waals surface area contributed by atoms with E-state index in [9.17, 15) is 14.7 Å². The maximum atomic E-state index is 12.7. The van der Waals surface area contributed by atoms with E-state index in [1.807, 2.05) is 48.5 Å². The number of aryl methyl sites for hydroxylation is 1. The second-order valence-electron chi connectivity index (χ2n) is 9.95. The summed E-state index contributed by atoms with van der Waals surface area (Å²) in [5.41, 5.74) is 4.45. The van der Waals surface area contributed by atoms with Gasteiger partial charge in [0, 0.05) is 48.1 Å². The molecule has 6 rings (SSSR count). The van der Waals surface area contributed by atoms with E-state index in [2.05, 4.69) is 15.2 Å². The molecule has 3 N–H and O–H groups in total. The molecule has 0 spiro atoms. The summed E-state index contributed by atoms with van der Waals surface area (Å²) in [5.74, 6) is -0.708. The zero-order chi connectivity index (χ0) is 27.4. The number of fused-ring (bicyclic) bond motifs is 1. The van der Waals surface area contributed by atoms with Crippen LogP contribution in [-0.4, -0.2) is 64.9 Å². The SMILES string of the molecule is Cc1[nH]c(C(=O)N[C@H]2[C@@H]3CN(c4nc(Cc5cccc(-c6cccc(Cl)c6)c5)c(C(=O)O)s4)C[C@@H]32)c(Cl)c1Cl.[LiH]. The Hall–Kier alpha value is -2.44. The Balaban J connectivity index is 0.00000323. The Bertz CT molecular complexity index is 1610. The fraction of sp³-hybridized carbons (Fsp3) is 0.250. The van der Waals surface area contributed by atoms with E-state index in [1.165, 1.54) is 11.3 Å². The van der Waals surface area contributed by atoms with Crippen LogP contribution in [0.3, 0.4) is 0 Å². The van der Waals surface area contributed by atoms with Gasteiger partial charge in [-0.15, -0.1) is 0 Å². The summed E-state index contributed by atoms with van der Waals surface area (Å²) >= 11 is 19.7. The van der Waals surface area contributed by atoms with E-state index in [1.54, 1.807) is 6.92 Å². The van der Waals surface area contributed by atoms with Gasteiger partial charge >= 0.3 is 24.8 Å². The maximum absolute atomic E-state index is 12.7. The van der Waals surface area contributed by atoms with Crippen LogP contribution in [0.15, 0.2) is 48.5 Å². The Morgan fingerprint density at radius 2 is 1.75 bits per heavy atom. The molecule has 1 amide bonds. The van der Waals surface area contributed by atoms with Crippen LogP contribution >= 0.6 is 46.1 Å². The standard InChI is InChI=1S/C28H23Cl3N4O3S.Li.H/c1-13-21(30)22(31)24(32-13)26(36)34-23-18-11-35(12-19(18)23)28-33-20(25(39-28)27(37)38)9-14-4-2-5-15(8-14)16-6-3-7-17(29)10-16;;/h2-8,10,18-19,23,32H,9,11-12H2,1H3,(H,34,36)(H,37,38);;/t18-,19+,23+;;. The number of hydrogen-bond donors (Lipinski definition) is 3. The third-order valence-electron chi connectivity index (χ3n) is 7.38. The minimum absolute atomic E-state index is 0. The van der Waals surface area contributed by atoms with Crippen molar-refractivity contribution >= 4 is 82.0 Å². The molecule has 40 heavy (non-hydrogen) atoms. The molecular weight excluding hydrogens is 586 g/mol. The fourth-order valence-corrected chi connectivity index (χ4v) is 6.88. The number of halogens is 3. The molecule has 1 aliphatic heterocycles. The van der Waals surface area contributed by atoms with Gasteiger partial charge in [0.15, 0.2) is 5.13 Å². The number of nitrogens with one attached hydrogen (secondary N) is 2. The van der Waals surface area contributed by atoms with Crippen LogP contribution in [0.4, 0.5) is 5.13 Å². The number of carbonyl (C=O) groups is 2. The summed E-state index contributed by atoms with van der Waals surface area (Å²) in [5, 5.41) is 14.9. The van der Waals surface area contributed by atoms with Crippen LogP contribution in [-0.2, 0) is 6.42 Å². The summed E-state index contributed by atoms with van der Waals surface area (Å²) < 4.78 is 0. The van der Waals surface area contributed by atoms with E-state index in [-0.39, 0.29) is 58.2 Å². The molecule has 2 fully saturated rings. The van der Waals surface area contributed by atoms with Crippen LogP contribution in [0, 0.1) is 18.8 Å². The predicted molar refractivity (Wildman–Crippen MR) is 162 cm³/mol. The van der Waals surface area contributed by atoms with E-state index >= 15 is 0 Å². The van der Waals surface area contributed by atoms with Crippen LogP contribution in [0.1, 0.15) is 37.1 Å². The van der Waals surface area contributed by atoms with E-state index < -0.39 is 5.97 Å². The Morgan fingerprint density at radius 3 is 2.38 bits per heavy atom. The Morgan fingerprint density at radius 1 is 1.07 bits per heavy atom. The first-order chi connectivity index (χ1) is 18.7. The number of carboxylic acid groups (broad SMARTS) is 1. The molecule has 202 valence electrons. The molecule has 1 saturated carbocycles. The number of hydrogen-bond acceptors (Lipinski definition) is 5. The molecule has 0 bridgehead atoms. The van der Waals surface area contributed by atoms with E-state index in [0.717, 1.165) is 16.7 Å². The average molecular weight is 610 g/mol. The van der Waals surface area contributed by atoms with Crippen LogP contribution in [0.5, 0.6) is 0 Å². The zero-order valence-corrected chi connectivity index (χ0v) is 23.8. The van der Waals surface area contributed by atoms with E-state index in [4.69, 9.17) is 39.8 Å². The van der Waals surface area contributed by atoms with Gasteiger partial charge < -0.3 is 20.3 Å². The average Bonchev–Trinajstić information content (AvgIpc) is 3.27. The second-order valence-corrected chi connectivity index (χ2v) is 12.1. The van der Waals surface area contributed by atoms with Gasteiger partial charge in [0.2, 0.25) is 0 Å². The first-order valence-corrected chi connectivity index (χ1v) is 14.3. The van der Waals surface area contributed by atoms with Gasteiger partial charge in [-0.25, -0.2) is 9.78 Å². The zero-order valence-electron chi connectivity index (χ0n) is 20.7. The van der Waals surface area contributed by atoms with Crippen molar-refractivity contribution in [2.45, 2.75) is 19.4 Å². The summed E-state index contributed by atoms with van der Waals surface area (Å²) in [6, 6.07) is 15.6. The number of aromatic nitrogens is 2. The molecule has 0 radical (unpaired) electrons.